The van der Waals surface area contributed by atoms with E-state index in [4.69, 9.17) is 22.7 Å². The van der Waals surface area contributed by atoms with Crippen LogP contribution in [0.25, 0.3) is 21.9 Å². The lowest BCUT2D eigenvalue weighted by Gasteiger charge is -1.90. The molecular weight excluding hydrogens is 1600 g/mol. The first-order valence-electron chi connectivity index (χ1n) is 49.7. The molecule has 0 spiro atoms. The van der Waals surface area contributed by atoms with Crippen LogP contribution >= 0.6 is 45.8 Å². The molecule has 10 aromatic rings. The fourth-order valence-corrected chi connectivity index (χ4v) is 15.1. The van der Waals surface area contributed by atoms with E-state index in [1.807, 2.05) is 402 Å². The van der Waals surface area contributed by atoms with Crippen LogP contribution in [0.1, 0.15) is 403 Å². The Morgan fingerprint density at radius 1 is 0.347 bits per heavy atom. The SMILES string of the molecule is C1=CC2=C(C1)CCC2.C1=NC2=C(C1)CCC2.CC.CC.CC.CC.CC.CC.CC.CC.CC.CC.CC.CC.CC.CC.CC.CC.CC.CC.CC.CC.c1cc2c(o1)CCC2.c1cc2c(s1)CCC2.c1ccc2c(c1)OCO2.c1ccc2nnccc2c1.c1ccc2occc2c1.c1nc2c(o1)CCC2.c1nc2c(s1)CCC2.c1nc2c(s1)SCC2. The minimum absolute atomic E-state index is 0.360. The van der Waals surface area contributed by atoms with Crippen LogP contribution in [-0.2, 0) is 57.8 Å². The summed E-state index contributed by atoms with van der Waals surface area (Å²) in [6, 6.07) is 31.7. The molecule has 3 aliphatic heterocycles. The number of oxazole rings is 1. The average molecular weight is 1800 g/mol. The van der Waals surface area contributed by atoms with E-state index >= 15 is 0 Å². The first-order valence-corrected chi connectivity index (χ1v) is 53.3. The highest BCUT2D eigenvalue weighted by Crippen LogP contribution is 2.36. The van der Waals surface area contributed by atoms with Crippen molar-refractivity contribution in [2.24, 2.45) is 4.99 Å². The average Bonchev–Trinajstić information content (AvgIpc) is 1.73. The maximum Gasteiger partial charge on any atom is 0.231 e. The van der Waals surface area contributed by atoms with E-state index in [9.17, 15) is 0 Å². The van der Waals surface area contributed by atoms with Crippen molar-refractivity contribution in [1.29, 1.82) is 0 Å². The number of aliphatic imine (C=N–C) groups is 1. The number of aryl methyl sites for hydroxylation is 9. The zero-order valence-electron chi connectivity index (χ0n) is 87.6. The topological polar surface area (TPSA) is 135 Å². The summed E-state index contributed by atoms with van der Waals surface area (Å²) in [6.07, 6.45) is 39.9. The molecule has 7 aliphatic carbocycles. The van der Waals surface area contributed by atoms with Gasteiger partial charge in [0.25, 0.3) is 0 Å². The Bertz CT molecular complexity index is 3280. The monoisotopic (exact) mass is 1790 g/mol. The summed E-state index contributed by atoms with van der Waals surface area (Å²) in [5.74, 6) is 5.25. The van der Waals surface area contributed by atoms with Gasteiger partial charge in [0.15, 0.2) is 17.9 Å². The van der Waals surface area contributed by atoms with E-state index in [-0.39, 0.29) is 0 Å². The Labute approximate surface area is 783 Å². The number of furan rings is 2. The molecule has 124 heavy (non-hydrogen) atoms. The second-order valence-corrected chi connectivity index (χ2v) is 25.4. The number of fused-ring (bicyclic) bond motifs is 8. The van der Waals surface area contributed by atoms with Gasteiger partial charge in [0.2, 0.25) is 6.79 Å². The van der Waals surface area contributed by atoms with Crippen molar-refractivity contribution in [2.75, 3.05) is 12.5 Å². The third kappa shape index (κ3) is 60.5. The molecule has 15 heteroatoms. The summed E-state index contributed by atoms with van der Waals surface area (Å²) >= 11 is 7.41. The van der Waals surface area contributed by atoms with Crippen LogP contribution in [0.15, 0.2) is 196 Å². The van der Waals surface area contributed by atoms with E-state index in [1.54, 1.807) is 68.6 Å². The summed E-state index contributed by atoms with van der Waals surface area (Å²) in [6.45, 7) is 80.4. The van der Waals surface area contributed by atoms with Crippen LogP contribution in [0.3, 0.4) is 0 Å². The van der Waals surface area contributed by atoms with Crippen molar-refractivity contribution in [3.8, 4) is 11.5 Å². The molecule has 10 aliphatic rings. The highest BCUT2D eigenvalue weighted by atomic mass is 32.2. The maximum atomic E-state index is 5.18. The van der Waals surface area contributed by atoms with E-state index in [2.05, 4.69) is 59.8 Å². The molecule has 0 unspecified atom stereocenters. The molecule has 0 fully saturated rings. The van der Waals surface area contributed by atoms with Crippen LogP contribution in [0.4, 0.5) is 0 Å². The second-order valence-electron chi connectivity index (χ2n) is 21.2. The van der Waals surface area contributed by atoms with E-state index in [1.165, 1.54) is 164 Å². The number of thiazole rings is 2. The van der Waals surface area contributed by atoms with Gasteiger partial charge in [-0.1, -0.05) is 343 Å². The molecule has 0 atom stereocenters. The van der Waals surface area contributed by atoms with Gasteiger partial charge >= 0.3 is 0 Å². The van der Waals surface area contributed by atoms with Crippen molar-refractivity contribution in [3.05, 3.63) is 223 Å². The zero-order chi connectivity index (χ0) is 96.8. The first kappa shape index (κ1) is 137. The summed E-state index contributed by atoms with van der Waals surface area (Å²) in [7, 11) is 0. The van der Waals surface area contributed by atoms with Crippen molar-refractivity contribution in [3.63, 3.8) is 0 Å². The number of aromatic nitrogens is 5. The van der Waals surface area contributed by atoms with E-state index in [0.717, 1.165) is 64.8 Å². The maximum absolute atomic E-state index is 5.18. The number of hydrogen-bond donors (Lipinski definition) is 0. The normalized spacial score (nSPS) is 12.1. The number of nitrogens with zero attached hydrogens (tertiary/aromatic N) is 6. The van der Waals surface area contributed by atoms with Gasteiger partial charge in [-0.15, -0.1) is 45.8 Å². The van der Waals surface area contributed by atoms with Crippen LogP contribution in [0.5, 0.6) is 11.5 Å². The molecule has 10 heterocycles. The fraction of sp³-hybridized carbons (Fsp3) is 0.578. The Morgan fingerprint density at radius 3 is 1.41 bits per heavy atom. The van der Waals surface area contributed by atoms with Crippen LogP contribution in [0, 0.1) is 0 Å². The minimum Gasteiger partial charge on any atom is -0.469 e. The Morgan fingerprint density at radius 2 is 0.847 bits per heavy atom. The molecule has 0 bridgehead atoms. The van der Waals surface area contributed by atoms with Crippen molar-refractivity contribution < 1.29 is 22.7 Å². The van der Waals surface area contributed by atoms with Gasteiger partial charge in [-0.2, -0.15) is 10.2 Å². The second kappa shape index (κ2) is 112. The number of benzene rings is 3. The highest BCUT2D eigenvalue weighted by molar-refractivity contribution is 8.01. The van der Waals surface area contributed by atoms with Gasteiger partial charge in [-0.05, 0) is 185 Å². The molecule has 7 aromatic heterocycles. The van der Waals surface area contributed by atoms with Gasteiger partial charge in [0, 0.05) is 63.9 Å². The largest absolute Gasteiger partial charge is 0.469 e. The molecule has 11 nitrogen and oxygen atoms in total. The standard InChI is InChI=1S/C8H6N2.C8H6O.C8H10.C7H9N.C7H6O2.C7H8O.C7H8S.C6H7NO.C6H7NS.C5H5NS2.20C2H6/c1-2-4-8-7(3-1)5-6-9-10-8;1-2-4-8-7(3-1)5-6-9-8;1-3-7-5-2-6-8(7)4-1;1-2-6-4-5-8-7(6)3-1;1-2-4-7-6(3-1)8-5-9-7;2*1-2-6-4-5-8-7(6)3-1;2*1-2-5-6(3-1)8-4-7-5;1-2-7-5-4(1)6-3-8-5;20*1-2/h1-6H;1-6H;1,3H,2,4-6H2;5H,1-4H2;1-4H,5H2;2*4-5H,1-3H2;2*4H,1-3H2;3H,1-2H2;20*1-2H3. The number of para-hydroxylation sites is 3. The lowest BCUT2D eigenvalue weighted by atomic mass is 10.2. The van der Waals surface area contributed by atoms with Crippen LogP contribution < -0.4 is 9.47 Å². The Kier molecular flexibility index (Phi) is 124. The quantitative estimate of drug-likeness (QED) is 0.144. The molecule has 0 radical (unpaired) electrons. The Balaban J connectivity index is -0.000000139. The number of rotatable bonds is 0. The molecule has 0 saturated carbocycles. The third-order valence-electron chi connectivity index (χ3n) is 15.6. The number of thiophene rings is 1. The number of hydrogen-bond acceptors (Lipinski definition) is 15. The molecule has 0 saturated heterocycles. The Hall–Kier alpha value is -7.17. The molecule has 0 N–H and O–H groups in total. The number of allylic oxidation sites excluding steroid dienone is 6. The zero-order valence-corrected chi connectivity index (χ0v) is 90.9. The van der Waals surface area contributed by atoms with E-state index < -0.39 is 0 Å². The van der Waals surface area contributed by atoms with Gasteiger partial charge in [-0.3, -0.25) is 4.99 Å². The van der Waals surface area contributed by atoms with Crippen LogP contribution in [0.2, 0.25) is 0 Å². The smallest absolute Gasteiger partial charge is 0.231 e. The van der Waals surface area contributed by atoms with E-state index in [0.29, 0.717) is 6.79 Å². The molecular formula is C109H192N6O5S4. The van der Waals surface area contributed by atoms with Gasteiger partial charge < -0.3 is 22.7 Å². The van der Waals surface area contributed by atoms with Crippen LogP contribution in [-0.4, -0.2) is 43.9 Å². The summed E-state index contributed by atoms with van der Waals surface area (Å²) in [5, 5.41) is 12.2. The van der Waals surface area contributed by atoms with Crippen molar-refractivity contribution in [1.82, 2.24) is 25.1 Å². The lowest BCUT2D eigenvalue weighted by Crippen LogP contribution is -1.92. The first-order chi connectivity index (χ1) is 61.7. The predicted molar refractivity (Wildman–Crippen MR) is 570 cm³/mol. The molecule has 3 aromatic carbocycles. The summed E-state index contributed by atoms with van der Waals surface area (Å²) in [5.41, 5.74) is 19.0. The summed E-state index contributed by atoms with van der Waals surface area (Å²) < 4.78 is 26.9. The highest BCUT2D eigenvalue weighted by Gasteiger charge is 2.18. The predicted octanol–water partition coefficient (Wildman–Crippen LogP) is 38.9. The number of ether oxygens (including phenoxy) is 2. The molecule has 0 amide bonds. The number of thioether (sulfide) groups is 1. The van der Waals surface area contributed by atoms with Gasteiger partial charge in [-0.25, -0.2) is 15.0 Å². The van der Waals surface area contributed by atoms with Gasteiger partial charge in [0.05, 0.1) is 56.6 Å². The molecule has 20 rings (SSSR count). The van der Waals surface area contributed by atoms with Crippen molar-refractivity contribution in [2.45, 2.75) is 416 Å². The molecule has 712 valence electrons. The fourth-order valence-electron chi connectivity index (χ4n) is 11.2. The van der Waals surface area contributed by atoms with Crippen molar-refractivity contribution >= 4 is 73.9 Å². The third-order valence-corrected chi connectivity index (χ3v) is 19.8. The van der Waals surface area contributed by atoms with Gasteiger partial charge in [0.1, 0.15) is 17.1 Å². The minimum atomic E-state index is 0.360. The summed E-state index contributed by atoms with van der Waals surface area (Å²) in [4.78, 5) is 19.8. The lowest BCUT2D eigenvalue weighted by molar-refractivity contribution is 0.174.